The first-order valence-electron chi connectivity index (χ1n) is 5.63. The van der Waals surface area contributed by atoms with Crippen molar-refractivity contribution in [1.82, 2.24) is 4.57 Å². The molecule has 14 heavy (non-hydrogen) atoms. The van der Waals surface area contributed by atoms with Crippen LogP contribution in [0.4, 0.5) is 0 Å². The van der Waals surface area contributed by atoms with Crippen LogP contribution in [-0.2, 0) is 0 Å². The second-order valence-electron chi connectivity index (χ2n) is 5.42. The first-order valence-corrected chi connectivity index (χ1v) is 8.58. The van der Waals surface area contributed by atoms with Crippen LogP contribution in [-0.4, -0.2) is 25.9 Å². The topological polar surface area (TPSA) is 3.24 Å². The maximum Gasteiger partial charge on any atom is 0.127 e. The highest BCUT2D eigenvalue weighted by Crippen LogP contribution is 2.37. The Balaban J connectivity index is 4.65. The lowest BCUT2D eigenvalue weighted by Crippen LogP contribution is -2.54. The van der Waals surface area contributed by atoms with Gasteiger partial charge >= 0.3 is 0 Å². The second kappa shape index (κ2) is 5.13. The van der Waals surface area contributed by atoms with Crippen LogP contribution in [0.15, 0.2) is 12.2 Å². The maximum atomic E-state index is 2.66. The van der Waals surface area contributed by atoms with Crippen LogP contribution in [0.1, 0.15) is 34.6 Å². The van der Waals surface area contributed by atoms with E-state index in [1.807, 2.05) is 0 Å². The molecule has 0 radical (unpaired) electrons. The minimum Gasteiger partial charge on any atom is -0.320 e. The first-order chi connectivity index (χ1) is 6.27. The fourth-order valence-corrected chi connectivity index (χ4v) is 3.76. The van der Waals surface area contributed by atoms with Gasteiger partial charge < -0.3 is 4.57 Å². The summed E-state index contributed by atoms with van der Waals surface area (Å²) in [6.45, 7) is 18.7. The fourth-order valence-electron chi connectivity index (χ4n) is 1.46. The molecule has 0 spiro atoms. The normalized spacial score (nSPS) is 14.3. The molecule has 0 bridgehead atoms. The molecule has 1 nitrogen and oxygen atoms in total. The van der Waals surface area contributed by atoms with E-state index < -0.39 is 8.24 Å². The zero-order chi connectivity index (χ0) is 11.4. The second-order valence-corrected chi connectivity index (χ2v) is 10.7. The number of likely N-dealkylation sites (N-methyl/N-ethyl adjacent to an activating group) is 1. The zero-order valence-corrected chi connectivity index (χ0v) is 12.0. The van der Waals surface area contributed by atoms with E-state index in [4.69, 9.17) is 0 Å². The molecule has 0 aliphatic rings. The third kappa shape index (κ3) is 3.25. The zero-order valence-electron chi connectivity index (χ0n) is 11.0. The molecule has 0 aromatic rings. The van der Waals surface area contributed by atoms with E-state index in [1.54, 1.807) is 0 Å². The molecule has 0 saturated carbocycles. The number of hydrogen-bond donors (Lipinski definition) is 0. The average molecular weight is 213 g/mol. The molecule has 0 aromatic heterocycles. The van der Waals surface area contributed by atoms with E-state index in [-0.39, 0.29) is 0 Å². The van der Waals surface area contributed by atoms with Gasteiger partial charge in [-0.3, -0.25) is 0 Å². The number of hydrogen-bond acceptors (Lipinski definition) is 1. The van der Waals surface area contributed by atoms with E-state index in [9.17, 15) is 0 Å². The van der Waals surface area contributed by atoms with Crippen LogP contribution < -0.4 is 0 Å². The van der Waals surface area contributed by atoms with Crippen LogP contribution in [0.3, 0.4) is 0 Å². The summed E-state index contributed by atoms with van der Waals surface area (Å²) in [6.07, 6.45) is 4.42. The summed E-state index contributed by atoms with van der Waals surface area (Å²) in [6, 6.07) is 0. The van der Waals surface area contributed by atoms with Crippen molar-refractivity contribution in [2.75, 3.05) is 13.1 Å². The van der Waals surface area contributed by atoms with E-state index >= 15 is 0 Å². The van der Waals surface area contributed by atoms with Gasteiger partial charge in [-0.05, 0) is 18.5 Å². The lowest BCUT2D eigenvalue weighted by atomic mass is 10.2. The number of rotatable bonds is 4. The van der Waals surface area contributed by atoms with Crippen molar-refractivity contribution in [3.8, 4) is 0 Å². The molecule has 0 fully saturated rings. The third-order valence-corrected chi connectivity index (χ3v) is 9.32. The van der Waals surface area contributed by atoms with Crippen LogP contribution in [0.5, 0.6) is 0 Å². The Morgan fingerprint density at radius 2 is 1.71 bits per heavy atom. The summed E-state index contributed by atoms with van der Waals surface area (Å²) in [5.74, 6) is 0. The molecular weight excluding hydrogens is 186 g/mol. The van der Waals surface area contributed by atoms with Gasteiger partial charge in [0.15, 0.2) is 0 Å². The molecule has 0 rings (SSSR count). The van der Waals surface area contributed by atoms with Gasteiger partial charge in [0, 0.05) is 6.54 Å². The SMILES string of the molecule is CC=CCN(CC)[Si](C)(C)C(C)(C)C. The summed E-state index contributed by atoms with van der Waals surface area (Å²) in [5.41, 5.74) is 0. The molecule has 0 atom stereocenters. The molecule has 0 aromatic carbocycles. The van der Waals surface area contributed by atoms with E-state index in [2.05, 4.69) is 64.4 Å². The number of nitrogens with zero attached hydrogens (tertiary/aromatic N) is 1. The third-order valence-electron chi connectivity index (χ3n) is 3.57. The summed E-state index contributed by atoms with van der Waals surface area (Å²) in [5, 5.41) is 0.449. The highest BCUT2D eigenvalue weighted by molar-refractivity contribution is 6.77. The Hall–Kier alpha value is -0.0831. The predicted molar refractivity (Wildman–Crippen MR) is 69.3 cm³/mol. The van der Waals surface area contributed by atoms with Gasteiger partial charge in [-0.2, -0.15) is 0 Å². The lowest BCUT2D eigenvalue weighted by Gasteiger charge is -2.45. The molecule has 84 valence electrons. The van der Waals surface area contributed by atoms with Gasteiger partial charge in [-0.1, -0.05) is 52.9 Å². The van der Waals surface area contributed by atoms with Crippen LogP contribution in [0.2, 0.25) is 18.1 Å². The highest BCUT2D eigenvalue weighted by atomic mass is 28.3. The molecule has 2 heteroatoms. The van der Waals surface area contributed by atoms with Crippen molar-refractivity contribution in [2.45, 2.75) is 52.8 Å². The van der Waals surface area contributed by atoms with E-state index in [0.29, 0.717) is 5.04 Å². The van der Waals surface area contributed by atoms with Gasteiger partial charge in [0.25, 0.3) is 0 Å². The molecule has 0 aliphatic heterocycles. The fraction of sp³-hybridized carbons (Fsp3) is 0.833. The maximum absolute atomic E-state index is 2.66. The van der Waals surface area contributed by atoms with Gasteiger partial charge in [0.1, 0.15) is 8.24 Å². The average Bonchev–Trinajstić information content (AvgIpc) is 2.03. The van der Waals surface area contributed by atoms with Gasteiger partial charge in [0.05, 0.1) is 0 Å². The molecule has 0 unspecified atom stereocenters. The molecule has 0 saturated heterocycles. The van der Waals surface area contributed by atoms with Crippen molar-refractivity contribution in [2.24, 2.45) is 0 Å². The Morgan fingerprint density at radius 1 is 1.21 bits per heavy atom. The minimum absolute atomic E-state index is 0.449. The molecule has 0 N–H and O–H groups in total. The van der Waals surface area contributed by atoms with Crippen LogP contribution in [0, 0.1) is 0 Å². The number of allylic oxidation sites excluding steroid dienone is 1. The molecule has 0 aliphatic carbocycles. The van der Waals surface area contributed by atoms with Crippen LogP contribution in [0.25, 0.3) is 0 Å². The molecule has 0 amide bonds. The Kier molecular flexibility index (Phi) is 5.10. The monoisotopic (exact) mass is 213 g/mol. The van der Waals surface area contributed by atoms with Gasteiger partial charge in [-0.15, -0.1) is 0 Å². The van der Waals surface area contributed by atoms with Crippen LogP contribution >= 0.6 is 0 Å². The lowest BCUT2D eigenvalue weighted by molar-refractivity contribution is 0.455. The smallest absolute Gasteiger partial charge is 0.127 e. The van der Waals surface area contributed by atoms with E-state index in [0.717, 1.165) is 6.54 Å². The summed E-state index contributed by atoms with van der Waals surface area (Å²) < 4.78 is 2.66. The Morgan fingerprint density at radius 3 is 2.00 bits per heavy atom. The van der Waals surface area contributed by atoms with Crippen molar-refractivity contribution in [3.05, 3.63) is 12.2 Å². The summed E-state index contributed by atoms with van der Waals surface area (Å²) in [4.78, 5) is 0. The Labute approximate surface area is 91.3 Å². The summed E-state index contributed by atoms with van der Waals surface area (Å²) >= 11 is 0. The Bertz CT molecular complexity index is 189. The first kappa shape index (κ1) is 13.9. The van der Waals surface area contributed by atoms with E-state index in [1.165, 1.54) is 6.54 Å². The van der Waals surface area contributed by atoms with Crippen molar-refractivity contribution < 1.29 is 0 Å². The standard InChI is InChI=1S/C12H27NSi/c1-8-10-11-13(9-2)14(6,7)12(3,4)5/h8,10H,9,11H2,1-7H3. The predicted octanol–water partition coefficient (Wildman–Crippen LogP) is 3.89. The highest BCUT2D eigenvalue weighted by Gasteiger charge is 2.39. The van der Waals surface area contributed by atoms with Crippen molar-refractivity contribution >= 4 is 8.24 Å². The summed E-state index contributed by atoms with van der Waals surface area (Å²) in [7, 11) is -1.29. The molecule has 0 heterocycles. The largest absolute Gasteiger partial charge is 0.320 e. The quantitative estimate of drug-likeness (QED) is 0.506. The van der Waals surface area contributed by atoms with Crippen molar-refractivity contribution in [1.29, 1.82) is 0 Å². The minimum atomic E-state index is -1.29. The van der Waals surface area contributed by atoms with Gasteiger partial charge in [0.2, 0.25) is 0 Å². The van der Waals surface area contributed by atoms with Gasteiger partial charge in [-0.25, -0.2) is 0 Å². The molecular formula is C12H27NSi. The van der Waals surface area contributed by atoms with Crippen molar-refractivity contribution in [3.63, 3.8) is 0 Å².